The Balaban J connectivity index is 0. The van der Waals surface area contributed by atoms with Gasteiger partial charge in [0.15, 0.2) is 0 Å². The lowest BCUT2D eigenvalue weighted by molar-refractivity contribution is 0.0445. The third kappa shape index (κ3) is 26.4. The molecule has 0 aromatic heterocycles. The van der Waals surface area contributed by atoms with Gasteiger partial charge in [-0.1, -0.05) is 39.0 Å². The van der Waals surface area contributed by atoms with Gasteiger partial charge in [0.2, 0.25) is 0 Å². The lowest BCUT2D eigenvalue weighted by Gasteiger charge is -2.05. The van der Waals surface area contributed by atoms with Crippen molar-refractivity contribution in [3.8, 4) is 0 Å². The van der Waals surface area contributed by atoms with E-state index in [0.29, 0.717) is 19.7 Å². The standard InChI is InChI=1S/C11H24O2.C4H11NO2/c1-3-4-5-6-7-8-9-13-10-11(2)12;6-3-1-5-2-4-7/h11-12H,3-10H2,1-2H3;5-7H,1-4H2. The molecule has 0 aliphatic rings. The summed E-state index contributed by atoms with van der Waals surface area (Å²) in [5.74, 6) is 0. The van der Waals surface area contributed by atoms with Gasteiger partial charge < -0.3 is 25.4 Å². The van der Waals surface area contributed by atoms with E-state index in [1.165, 1.54) is 32.1 Å². The van der Waals surface area contributed by atoms with Crippen LogP contribution in [0.3, 0.4) is 0 Å². The SMILES string of the molecule is CCCCCCCCOCC(C)O.OCCNCCO. The monoisotopic (exact) mass is 293 g/mol. The van der Waals surface area contributed by atoms with Gasteiger partial charge in [-0.15, -0.1) is 0 Å². The maximum absolute atomic E-state index is 8.90. The first-order valence-electron chi connectivity index (χ1n) is 7.87. The van der Waals surface area contributed by atoms with Crippen LogP contribution in [0.4, 0.5) is 0 Å². The van der Waals surface area contributed by atoms with Crippen LogP contribution in [0.2, 0.25) is 0 Å². The van der Waals surface area contributed by atoms with Crippen molar-refractivity contribution < 1.29 is 20.1 Å². The van der Waals surface area contributed by atoms with Gasteiger partial charge in [-0.25, -0.2) is 0 Å². The summed E-state index contributed by atoms with van der Waals surface area (Å²) >= 11 is 0. The smallest absolute Gasteiger partial charge is 0.0745 e. The summed E-state index contributed by atoms with van der Waals surface area (Å²) in [6.07, 6.45) is 7.42. The molecule has 0 bridgehead atoms. The minimum absolute atomic E-state index is 0.139. The fraction of sp³-hybridized carbons (Fsp3) is 1.00. The molecule has 0 heterocycles. The van der Waals surface area contributed by atoms with E-state index in [-0.39, 0.29) is 19.3 Å². The molecule has 0 fully saturated rings. The van der Waals surface area contributed by atoms with Crippen molar-refractivity contribution >= 4 is 0 Å². The van der Waals surface area contributed by atoms with Crippen molar-refractivity contribution in [2.24, 2.45) is 0 Å². The van der Waals surface area contributed by atoms with Crippen molar-refractivity contribution in [3.05, 3.63) is 0 Å². The molecule has 5 nitrogen and oxygen atoms in total. The molecular formula is C15H35NO4. The van der Waals surface area contributed by atoms with Crippen LogP contribution in [0.5, 0.6) is 0 Å². The lowest BCUT2D eigenvalue weighted by Crippen LogP contribution is -2.21. The summed E-state index contributed by atoms with van der Waals surface area (Å²) in [5.41, 5.74) is 0. The molecule has 0 spiro atoms. The number of aliphatic hydroxyl groups is 3. The second-order valence-electron chi connectivity index (χ2n) is 4.89. The highest BCUT2D eigenvalue weighted by molar-refractivity contribution is 4.45. The van der Waals surface area contributed by atoms with E-state index >= 15 is 0 Å². The lowest BCUT2D eigenvalue weighted by atomic mass is 10.1. The molecule has 0 radical (unpaired) electrons. The van der Waals surface area contributed by atoms with Crippen LogP contribution < -0.4 is 5.32 Å². The van der Waals surface area contributed by atoms with Crippen molar-refractivity contribution in [1.29, 1.82) is 0 Å². The second kappa shape index (κ2) is 21.1. The number of unbranched alkanes of at least 4 members (excludes halogenated alkanes) is 5. The van der Waals surface area contributed by atoms with Crippen LogP contribution in [0.25, 0.3) is 0 Å². The van der Waals surface area contributed by atoms with Gasteiger partial charge in [-0.05, 0) is 13.3 Å². The van der Waals surface area contributed by atoms with E-state index in [9.17, 15) is 0 Å². The van der Waals surface area contributed by atoms with Gasteiger partial charge in [0.1, 0.15) is 0 Å². The minimum atomic E-state index is -0.319. The molecule has 0 aliphatic heterocycles. The fourth-order valence-electron chi connectivity index (χ4n) is 1.52. The quantitative estimate of drug-likeness (QED) is 0.385. The molecule has 4 N–H and O–H groups in total. The first-order valence-corrected chi connectivity index (χ1v) is 7.87. The number of hydrogen-bond acceptors (Lipinski definition) is 5. The van der Waals surface area contributed by atoms with Crippen LogP contribution in [-0.4, -0.2) is 60.9 Å². The highest BCUT2D eigenvalue weighted by Gasteiger charge is 1.94. The molecular weight excluding hydrogens is 258 g/mol. The number of aliphatic hydroxyl groups excluding tert-OH is 3. The first-order chi connectivity index (χ1) is 9.68. The van der Waals surface area contributed by atoms with Crippen molar-refractivity contribution in [2.45, 2.75) is 58.5 Å². The zero-order chi connectivity index (χ0) is 15.5. The Bertz CT molecular complexity index is 153. The predicted octanol–water partition coefficient (Wildman–Crippen LogP) is 1.30. The summed E-state index contributed by atoms with van der Waals surface area (Å²) in [4.78, 5) is 0. The molecule has 0 saturated carbocycles. The van der Waals surface area contributed by atoms with Gasteiger partial charge in [-0.3, -0.25) is 0 Å². The third-order valence-corrected chi connectivity index (χ3v) is 2.58. The van der Waals surface area contributed by atoms with Gasteiger partial charge in [0, 0.05) is 19.7 Å². The molecule has 0 aromatic rings. The molecule has 1 unspecified atom stereocenters. The number of hydrogen-bond donors (Lipinski definition) is 4. The molecule has 1 atom stereocenters. The van der Waals surface area contributed by atoms with Crippen LogP contribution in [-0.2, 0) is 4.74 Å². The van der Waals surface area contributed by atoms with Crippen molar-refractivity contribution in [1.82, 2.24) is 5.32 Å². The Morgan fingerprint density at radius 1 is 0.950 bits per heavy atom. The molecule has 0 rings (SSSR count). The summed E-state index contributed by atoms with van der Waals surface area (Å²) in [6.45, 7) is 6.68. The Kier molecular flexibility index (Phi) is 23.3. The van der Waals surface area contributed by atoms with Gasteiger partial charge >= 0.3 is 0 Å². The molecule has 20 heavy (non-hydrogen) atoms. The van der Waals surface area contributed by atoms with Gasteiger partial charge in [-0.2, -0.15) is 0 Å². The maximum Gasteiger partial charge on any atom is 0.0745 e. The number of ether oxygens (including phenoxy) is 1. The zero-order valence-electron chi connectivity index (χ0n) is 13.3. The fourth-order valence-corrected chi connectivity index (χ4v) is 1.52. The molecule has 0 aliphatic carbocycles. The Labute approximate surface area is 124 Å². The minimum Gasteiger partial charge on any atom is -0.395 e. The maximum atomic E-state index is 8.90. The van der Waals surface area contributed by atoms with Crippen LogP contribution in [0.1, 0.15) is 52.4 Å². The average Bonchev–Trinajstić information content (AvgIpc) is 2.43. The number of rotatable bonds is 13. The van der Waals surface area contributed by atoms with Crippen LogP contribution in [0, 0.1) is 0 Å². The summed E-state index contributed by atoms with van der Waals surface area (Å²) in [7, 11) is 0. The van der Waals surface area contributed by atoms with E-state index in [1.807, 2.05) is 0 Å². The highest BCUT2D eigenvalue weighted by atomic mass is 16.5. The van der Waals surface area contributed by atoms with Crippen molar-refractivity contribution in [3.63, 3.8) is 0 Å². The third-order valence-electron chi connectivity index (χ3n) is 2.58. The summed E-state index contributed by atoms with van der Waals surface area (Å²) in [5, 5.41) is 28.0. The normalized spacial score (nSPS) is 11.8. The van der Waals surface area contributed by atoms with Gasteiger partial charge in [0.05, 0.1) is 25.9 Å². The molecule has 0 saturated heterocycles. The Hall–Kier alpha value is -0.200. The molecule has 0 amide bonds. The largest absolute Gasteiger partial charge is 0.395 e. The Morgan fingerprint density at radius 2 is 1.50 bits per heavy atom. The van der Waals surface area contributed by atoms with Gasteiger partial charge in [0.25, 0.3) is 0 Å². The highest BCUT2D eigenvalue weighted by Crippen LogP contribution is 2.04. The number of nitrogens with one attached hydrogen (secondary N) is 1. The van der Waals surface area contributed by atoms with E-state index in [1.54, 1.807) is 6.92 Å². The second-order valence-corrected chi connectivity index (χ2v) is 4.89. The van der Waals surface area contributed by atoms with E-state index < -0.39 is 0 Å². The van der Waals surface area contributed by atoms with E-state index in [0.717, 1.165) is 13.0 Å². The van der Waals surface area contributed by atoms with E-state index in [2.05, 4.69) is 12.2 Å². The summed E-state index contributed by atoms with van der Waals surface area (Å²) in [6, 6.07) is 0. The topological polar surface area (TPSA) is 82.0 Å². The summed E-state index contributed by atoms with van der Waals surface area (Å²) < 4.78 is 5.25. The predicted molar refractivity (Wildman–Crippen MR) is 82.9 cm³/mol. The zero-order valence-corrected chi connectivity index (χ0v) is 13.3. The van der Waals surface area contributed by atoms with Crippen LogP contribution in [0.15, 0.2) is 0 Å². The molecule has 0 aromatic carbocycles. The molecule has 5 heteroatoms. The molecule has 124 valence electrons. The van der Waals surface area contributed by atoms with Crippen LogP contribution >= 0.6 is 0 Å². The first kappa shape index (κ1) is 22.1. The van der Waals surface area contributed by atoms with E-state index in [4.69, 9.17) is 20.1 Å². The average molecular weight is 293 g/mol. The van der Waals surface area contributed by atoms with Crippen molar-refractivity contribution in [2.75, 3.05) is 39.5 Å². The Morgan fingerprint density at radius 3 is 2.00 bits per heavy atom.